The fraction of sp³-hybridized carbons (Fsp3) is 0.750. The van der Waals surface area contributed by atoms with Crippen molar-refractivity contribution in [2.24, 2.45) is 0 Å². The molecule has 0 saturated heterocycles. The maximum atomic E-state index is 12.0. The molecule has 1 atom stereocenters. The first-order valence-electron chi connectivity index (χ1n) is 6.52. The summed E-state index contributed by atoms with van der Waals surface area (Å²) in [6.07, 6.45) is 3.64. The summed E-state index contributed by atoms with van der Waals surface area (Å²) >= 11 is 0. The summed E-state index contributed by atoms with van der Waals surface area (Å²) in [5.41, 5.74) is 1.07. The Kier molecular flexibility index (Phi) is 5.96. The summed E-state index contributed by atoms with van der Waals surface area (Å²) in [6, 6.07) is 0.282. The van der Waals surface area contributed by atoms with Crippen LogP contribution in [0.15, 0.2) is 12.4 Å². The van der Waals surface area contributed by atoms with Crippen LogP contribution in [0.1, 0.15) is 26.3 Å². The molecule has 7 heteroatoms. The lowest BCUT2D eigenvalue weighted by molar-refractivity contribution is 0.531. The number of hydrogen-bond donors (Lipinski definition) is 2. The van der Waals surface area contributed by atoms with Crippen molar-refractivity contribution < 1.29 is 8.42 Å². The van der Waals surface area contributed by atoms with Gasteiger partial charge in [0, 0.05) is 25.3 Å². The van der Waals surface area contributed by atoms with Crippen LogP contribution in [-0.4, -0.2) is 42.6 Å². The highest BCUT2D eigenvalue weighted by atomic mass is 32.2. The maximum Gasteiger partial charge on any atom is 0.215 e. The van der Waals surface area contributed by atoms with Gasteiger partial charge in [-0.25, -0.2) is 13.1 Å². The van der Waals surface area contributed by atoms with Gasteiger partial charge in [-0.1, -0.05) is 13.8 Å². The zero-order chi connectivity index (χ0) is 14.5. The Balaban J connectivity index is 2.37. The highest BCUT2D eigenvalue weighted by Gasteiger charge is 2.19. The molecule has 110 valence electrons. The summed E-state index contributed by atoms with van der Waals surface area (Å²) in [6.45, 7) is 8.99. The van der Waals surface area contributed by atoms with E-state index in [-0.39, 0.29) is 6.04 Å². The molecular weight excluding hydrogens is 264 g/mol. The number of rotatable bonds is 8. The average molecular weight is 288 g/mol. The van der Waals surface area contributed by atoms with Crippen molar-refractivity contribution in [1.82, 2.24) is 19.8 Å². The van der Waals surface area contributed by atoms with Gasteiger partial charge in [-0.3, -0.25) is 4.68 Å². The highest BCUT2D eigenvalue weighted by molar-refractivity contribution is 7.90. The van der Waals surface area contributed by atoms with E-state index < -0.39 is 15.3 Å². The second kappa shape index (κ2) is 7.02. The minimum Gasteiger partial charge on any atom is -0.313 e. The molecule has 0 aliphatic heterocycles. The molecule has 0 saturated carbocycles. The third kappa shape index (κ3) is 5.71. The van der Waals surface area contributed by atoms with E-state index in [1.807, 2.05) is 27.0 Å². The van der Waals surface area contributed by atoms with Crippen molar-refractivity contribution in [3.63, 3.8) is 0 Å². The molecule has 2 N–H and O–H groups in total. The summed E-state index contributed by atoms with van der Waals surface area (Å²) < 4.78 is 28.3. The predicted molar refractivity (Wildman–Crippen MR) is 76.5 cm³/mol. The lowest BCUT2D eigenvalue weighted by Gasteiger charge is -2.16. The molecule has 0 amide bonds. The number of nitrogens with one attached hydrogen (secondary N) is 2. The fourth-order valence-electron chi connectivity index (χ4n) is 1.55. The standard InChI is InChI=1S/C12H24N4O2S/c1-10(2)13-8-12(4)19(17,18)15-5-6-16-9-11(3)7-14-16/h7,9-10,12-13,15H,5-6,8H2,1-4H3. The van der Waals surface area contributed by atoms with Gasteiger partial charge < -0.3 is 5.32 Å². The summed E-state index contributed by atoms with van der Waals surface area (Å²) in [7, 11) is -3.27. The molecular formula is C12H24N4O2S. The van der Waals surface area contributed by atoms with Crippen LogP contribution in [0.4, 0.5) is 0 Å². The van der Waals surface area contributed by atoms with Gasteiger partial charge in [-0.05, 0) is 19.4 Å². The van der Waals surface area contributed by atoms with Crippen molar-refractivity contribution >= 4 is 10.0 Å². The van der Waals surface area contributed by atoms with E-state index in [2.05, 4.69) is 15.1 Å². The number of aryl methyl sites for hydroxylation is 1. The van der Waals surface area contributed by atoms with Crippen LogP contribution < -0.4 is 10.0 Å². The van der Waals surface area contributed by atoms with Gasteiger partial charge in [0.15, 0.2) is 0 Å². The Morgan fingerprint density at radius 2 is 2.05 bits per heavy atom. The number of sulfonamides is 1. The van der Waals surface area contributed by atoms with E-state index in [4.69, 9.17) is 0 Å². The fourth-order valence-corrected chi connectivity index (χ4v) is 2.52. The first-order valence-corrected chi connectivity index (χ1v) is 8.07. The van der Waals surface area contributed by atoms with Crippen molar-refractivity contribution in [2.75, 3.05) is 13.1 Å². The first-order chi connectivity index (χ1) is 8.81. The molecule has 6 nitrogen and oxygen atoms in total. The molecule has 0 spiro atoms. The Morgan fingerprint density at radius 3 is 2.58 bits per heavy atom. The van der Waals surface area contributed by atoms with E-state index in [9.17, 15) is 8.42 Å². The predicted octanol–water partition coefficient (Wildman–Crippen LogP) is 0.497. The van der Waals surface area contributed by atoms with Crippen LogP contribution in [-0.2, 0) is 16.6 Å². The quantitative estimate of drug-likeness (QED) is 0.730. The number of nitrogens with zero attached hydrogens (tertiary/aromatic N) is 2. The molecule has 1 rings (SSSR count). The van der Waals surface area contributed by atoms with Gasteiger partial charge in [0.1, 0.15) is 0 Å². The van der Waals surface area contributed by atoms with E-state index in [1.54, 1.807) is 17.8 Å². The largest absolute Gasteiger partial charge is 0.313 e. The number of aromatic nitrogens is 2. The van der Waals surface area contributed by atoms with Crippen LogP contribution in [0.25, 0.3) is 0 Å². The second-order valence-corrected chi connectivity index (χ2v) is 7.28. The molecule has 1 unspecified atom stereocenters. The number of hydrogen-bond acceptors (Lipinski definition) is 4. The van der Waals surface area contributed by atoms with Crippen LogP contribution in [0.3, 0.4) is 0 Å². The van der Waals surface area contributed by atoms with E-state index in [0.717, 1.165) is 5.56 Å². The summed E-state index contributed by atoms with van der Waals surface area (Å²) in [5.74, 6) is 0. The van der Waals surface area contributed by atoms with Crippen molar-refractivity contribution in [3.05, 3.63) is 18.0 Å². The molecule has 0 aromatic carbocycles. The van der Waals surface area contributed by atoms with Gasteiger partial charge in [-0.2, -0.15) is 5.10 Å². The SMILES string of the molecule is Cc1cnn(CCNS(=O)(=O)C(C)CNC(C)C)c1. The normalized spacial score (nSPS) is 13.9. The molecule has 0 aliphatic carbocycles. The van der Waals surface area contributed by atoms with Gasteiger partial charge in [0.05, 0.1) is 18.0 Å². The first kappa shape index (κ1) is 16.1. The molecule has 1 heterocycles. The molecule has 0 aliphatic rings. The Morgan fingerprint density at radius 1 is 1.37 bits per heavy atom. The molecule has 1 aromatic heterocycles. The molecule has 0 bridgehead atoms. The lowest BCUT2D eigenvalue weighted by atomic mass is 10.3. The monoisotopic (exact) mass is 288 g/mol. The van der Waals surface area contributed by atoms with Crippen molar-refractivity contribution in [2.45, 2.75) is 45.5 Å². The molecule has 0 radical (unpaired) electrons. The zero-order valence-electron chi connectivity index (χ0n) is 12.0. The van der Waals surface area contributed by atoms with Crippen LogP contribution in [0.5, 0.6) is 0 Å². The van der Waals surface area contributed by atoms with Crippen molar-refractivity contribution in [1.29, 1.82) is 0 Å². The smallest absolute Gasteiger partial charge is 0.215 e. The average Bonchev–Trinajstić information content (AvgIpc) is 2.71. The van der Waals surface area contributed by atoms with E-state index in [1.165, 1.54) is 0 Å². The minimum atomic E-state index is -3.27. The Labute approximate surface area is 115 Å². The highest BCUT2D eigenvalue weighted by Crippen LogP contribution is 1.98. The Bertz CT molecular complexity index is 482. The summed E-state index contributed by atoms with van der Waals surface area (Å²) in [5, 5.41) is 6.79. The third-order valence-corrected chi connectivity index (χ3v) is 4.58. The van der Waals surface area contributed by atoms with Crippen molar-refractivity contribution in [3.8, 4) is 0 Å². The summed E-state index contributed by atoms with van der Waals surface area (Å²) in [4.78, 5) is 0. The van der Waals surface area contributed by atoms with E-state index in [0.29, 0.717) is 19.6 Å². The van der Waals surface area contributed by atoms with Crippen LogP contribution in [0, 0.1) is 6.92 Å². The van der Waals surface area contributed by atoms with Gasteiger partial charge in [-0.15, -0.1) is 0 Å². The zero-order valence-corrected chi connectivity index (χ0v) is 12.9. The van der Waals surface area contributed by atoms with Crippen LogP contribution in [0.2, 0.25) is 0 Å². The van der Waals surface area contributed by atoms with Gasteiger partial charge >= 0.3 is 0 Å². The molecule has 0 fully saturated rings. The van der Waals surface area contributed by atoms with Crippen LogP contribution >= 0.6 is 0 Å². The third-order valence-electron chi connectivity index (χ3n) is 2.75. The van der Waals surface area contributed by atoms with E-state index >= 15 is 0 Å². The maximum absolute atomic E-state index is 12.0. The minimum absolute atomic E-state index is 0.282. The lowest BCUT2D eigenvalue weighted by Crippen LogP contribution is -2.41. The van der Waals surface area contributed by atoms with Gasteiger partial charge in [0.2, 0.25) is 10.0 Å². The van der Waals surface area contributed by atoms with Gasteiger partial charge in [0.25, 0.3) is 0 Å². The molecule has 19 heavy (non-hydrogen) atoms. The molecule has 1 aromatic rings. The second-order valence-electron chi connectivity index (χ2n) is 5.09. The Hall–Kier alpha value is -0.920. The topological polar surface area (TPSA) is 76.0 Å².